The second-order valence-corrected chi connectivity index (χ2v) is 7.62. The first-order chi connectivity index (χ1) is 9.06. The molecule has 0 saturated carbocycles. The topological polar surface area (TPSA) is 59.1 Å². The van der Waals surface area contributed by atoms with Crippen LogP contribution in [0.15, 0.2) is 24.5 Å². The third kappa shape index (κ3) is 3.15. The van der Waals surface area contributed by atoms with Crippen molar-refractivity contribution < 1.29 is 8.42 Å². The highest BCUT2D eigenvalue weighted by atomic mass is 32.2. The molecule has 0 bridgehead atoms. The summed E-state index contributed by atoms with van der Waals surface area (Å²) in [7, 11) is -1.11. The summed E-state index contributed by atoms with van der Waals surface area (Å²) >= 11 is 0. The van der Waals surface area contributed by atoms with Crippen LogP contribution in [0.5, 0.6) is 0 Å². The van der Waals surface area contributed by atoms with Crippen LogP contribution in [0.2, 0.25) is 0 Å². The fraction of sp³-hybridized carbons (Fsp3) is 0.643. The van der Waals surface area contributed by atoms with Crippen LogP contribution in [0.3, 0.4) is 0 Å². The predicted molar refractivity (Wildman–Crippen MR) is 76.9 cm³/mol. The van der Waals surface area contributed by atoms with Crippen molar-refractivity contribution >= 4 is 9.84 Å². The number of sulfone groups is 1. The number of aromatic nitrogens is 1. The molecule has 4 nitrogen and oxygen atoms in total. The van der Waals surface area contributed by atoms with Gasteiger partial charge in [-0.2, -0.15) is 0 Å². The Morgan fingerprint density at radius 2 is 2.00 bits per heavy atom. The first-order valence-corrected chi connectivity index (χ1v) is 8.56. The monoisotopic (exact) mass is 282 g/mol. The zero-order chi connectivity index (χ0) is 13.9. The maximum absolute atomic E-state index is 12.3. The SMILES string of the molecule is CNC(C(C)c1ccncc1)C1CCCCS1(=O)=O. The summed E-state index contributed by atoms with van der Waals surface area (Å²) in [6, 6.07) is 3.89. The van der Waals surface area contributed by atoms with E-state index in [0.717, 1.165) is 24.8 Å². The van der Waals surface area contributed by atoms with Crippen LogP contribution in [0.1, 0.15) is 37.7 Å². The van der Waals surface area contributed by atoms with Crippen LogP contribution >= 0.6 is 0 Å². The second kappa shape index (κ2) is 6.01. The molecule has 1 aliphatic heterocycles. The lowest BCUT2D eigenvalue weighted by Crippen LogP contribution is -2.48. The van der Waals surface area contributed by atoms with Gasteiger partial charge in [-0.3, -0.25) is 4.98 Å². The zero-order valence-electron chi connectivity index (χ0n) is 11.5. The Labute approximate surface area is 115 Å². The molecule has 1 fully saturated rings. The van der Waals surface area contributed by atoms with Gasteiger partial charge in [-0.15, -0.1) is 0 Å². The van der Waals surface area contributed by atoms with Crippen molar-refractivity contribution in [1.82, 2.24) is 10.3 Å². The minimum absolute atomic E-state index is 0.0345. The van der Waals surface area contributed by atoms with Crippen LogP contribution in [-0.2, 0) is 9.84 Å². The third-order valence-corrected chi connectivity index (χ3v) is 6.44. The minimum atomic E-state index is -2.97. The van der Waals surface area contributed by atoms with Gasteiger partial charge >= 0.3 is 0 Å². The second-order valence-electron chi connectivity index (χ2n) is 5.28. The van der Waals surface area contributed by atoms with Gasteiger partial charge in [-0.05, 0) is 43.5 Å². The van der Waals surface area contributed by atoms with Crippen molar-refractivity contribution in [3.05, 3.63) is 30.1 Å². The molecule has 1 aliphatic rings. The summed E-state index contributed by atoms with van der Waals surface area (Å²) in [5, 5.41) is 2.96. The van der Waals surface area contributed by atoms with Gasteiger partial charge < -0.3 is 5.32 Å². The molecule has 1 aromatic heterocycles. The lowest BCUT2D eigenvalue weighted by Gasteiger charge is -2.34. The van der Waals surface area contributed by atoms with Gasteiger partial charge in [0, 0.05) is 18.4 Å². The van der Waals surface area contributed by atoms with Gasteiger partial charge in [-0.25, -0.2) is 8.42 Å². The Hall–Kier alpha value is -0.940. The Morgan fingerprint density at radius 3 is 2.58 bits per heavy atom. The summed E-state index contributed by atoms with van der Waals surface area (Å²) in [5.74, 6) is 0.490. The van der Waals surface area contributed by atoms with Crippen molar-refractivity contribution in [2.45, 2.75) is 43.4 Å². The molecule has 0 spiro atoms. The highest BCUT2D eigenvalue weighted by molar-refractivity contribution is 7.92. The van der Waals surface area contributed by atoms with E-state index in [-0.39, 0.29) is 17.2 Å². The van der Waals surface area contributed by atoms with Crippen molar-refractivity contribution in [3.63, 3.8) is 0 Å². The summed E-state index contributed by atoms with van der Waals surface area (Å²) in [6.07, 6.45) is 6.09. The van der Waals surface area contributed by atoms with Crippen LogP contribution < -0.4 is 5.32 Å². The molecule has 19 heavy (non-hydrogen) atoms. The van der Waals surface area contributed by atoms with E-state index in [1.54, 1.807) is 12.4 Å². The highest BCUT2D eigenvalue weighted by Crippen LogP contribution is 2.29. The quantitative estimate of drug-likeness (QED) is 0.914. The van der Waals surface area contributed by atoms with Gasteiger partial charge in [-0.1, -0.05) is 13.3 Å². The van der Waals surface area contributed by atoms with Crippen LogP contribution in [0.25, 0.3) is 0 Å². The molecular formula is C14H22N2O2S. The van der Waals surface area contributed by atoms with Crippen molar-refractivity contribution in [2.24, 2.45) is 0 Å². The smallest absolute Gasteiger partial charge is 0.154 e. The minimum Gasteiger partial charge on any atom is -0.315 e. The predicted octanol–water partition coefficient (Wildman–Crippen LogP) is 1.74. The number of rotatable bonds is 4. The molecule has 3 atom stereocenters. The average molecular weight is 282 g/mol. The molecule has 106 valence electrons. The summed E-state index contributed by atoms with van der Waals surface area (Å²) in [5.41, 5.74) is 1.13. The number of nitrogens with zero attached hydrogens (tertiary/aromatic N) is 1. The number of pyridine rings is 1. The Bertz CT molecular complexity index is 501. The maximum atomic E-state index is 12.3. The maximum Gasteiger partial charge on any atom is 0.154 e. The van der Waals surface area contributed by atoms with E-state index < -0.39 is 9.84 Å². The standard InChI is InChI=1S/C14H22N2O2S/c1-11(12-6-8-16-9-7-12)14(15-2)13-5-3-4-10-19(13,17)18/h6-9,11,13-15H,3-5,10H2,1-2H3. The Morgan fingerprint density at radius 1 is 1.32 bits per heavy atom. The van der Waals surface area contributed by atoms with Gasteiger partial charge in [0.1, 0.15) is 0 Å². The molecule has 2 rings (SSSR count). The molecule has 0 aromatic carbocycles. The van der Waals surface area contributed by atoms with Crippen molar-refractivity contribution in [1.29, 1.82) is 0 Å². The lowest BCUT2D eigenvalue weighted by atomic mass is 9.90. The van der Waals surface area contributed by atoms with Crippen molar-refractivity contribution in [3.8, 4) is 0 Å². The lowest BCUT2D eigenvalue weighted by molar-refractivity contribution is 0.417. The van der Waals surface area contributed by atoms with E-state index in [4.69, 9.17) is 0 Å². The fourth-order valence-corrected chi connectivity index (χ4v) is 5.27. The zero-order valence-corrected chi connectivity index (χ0v) is 12.4. The van der Waals surface area contributed by atoms with Crippen molar-refractivity contribution in [2.75, 3.05) is 12.8 Å². The van der Waals surface area contributed by atoms with Crippen LogP contribution in [-0.4, -0.2) is 37.5 Å². The molecule has 2 heterocycles. The van der Waals surface area contributed by atoms with E-state index in [1.807, 2.05) is 19.2 Å². The third-order valence-electron chi connectivity index (χ3n) is 4.13. The number of hydrogen-bond acceptors (Lipinski definition) is 4. The van der Waals surface area contributed by atoms with Gasteiger partial charge in [0.25, 0.3) is 0 Å². The molecule has 0 aliphatic carbocycles. The molecule has 1 aromatic rings. The van der Waals surface area contributed by atoms with E-state index >= 15 is 0 Å². The first-order valence-electron chi connectivity index (χ1n) is 6.85. The van der Waals surface area contributed by atoms with E-state index in [0.29, 0.717) is 5.75 Å². The summed E-state index contributed by atoms with van der Waals surface area (Å²) < 4.78 is 24.5. The molecular weight excluding hydrogens is 260 g/mol. The number of hydrogen-bond donors (Lipinski definition) is 1. The summed E-state index contributed by atoms with van der Waals surface area (Å²) in [4.78, 5) is 4.02. The summed E-state index contributed by atoms with van der Waals surface area (Å²) in [6.45, 7) is 2.08. The Balaban J connectivity index is 2.24. The van der Waals surface area contributed by atoms with E-state index in [2.05, 4.69) is 17.2 Å². The number of nitrogens with one attached hydrogen (secondary N) is 1. The first kappa shape index (κ1) is 14.5. The molecule has 5 heteroatoms. The van der Waals surface area contributed by atoms with Gasteiger partial charge in [0.15, 0.2) is 9.84 Å². The van der Waals surface area contributed by atoms with Crippen LogP contribution in [0, 0.1) is 0 Å². The van der Waals surface area contributed by atoms with E-state index in [1.165, 1.54) is 0 Å². The molecule has 0 amide bonds. The number of likely N-dealkylation sites (N-methyl/N-ethyl adjacent to an activating group) is 1. The molecule has 0 radical (unpaired) electrons. The Kier molecular flexibility index (Phi) is 4.58. The fourth-order valence-electron chi connectivity index (χ4n) is 3.01. The molecule has 1 saturated heterocycles. The average Bonchev–Trinajstić information content (AvgIpc) is 2.42. The van der Waals surface area contributed by atoms with Crippen LogP contribution in [0.4, 0.5) is 0 Å². The van der Waals surface area contributed by atoms with Gasteiger partial charge in [0.05, 0.1) is 11.0 Å². The highest BCUT2D eigenvalue weighted by Gasteiger charge is 2.37. The van der Waals surface area contributed by atoms with Gasteiger partial charge in [0.2, 0.25) is 0 Å². The van der Waals surface area contributed by atoms with E-state index in [9.17, 15) is 8.42 Å². The molecule has 3 unspecified atom stereocenters. The largest absolute Gasteiger partial charge is 0.315 e. The molecule has 1 N–H and O–H groups in total. The normalized spacial score (nSPS) is 25.7.